The summed E-state index contributed by atoms with van der Waals surface area (Å²) >= 11 is 3.86. The fraction of sp³-hybridized carbons (Fsp3) is 0.350. The summed E-state index contributed by atoms with van der Waals surface area (Å²) in [5.41, 5.74) is 2.32. The molecule has 0 unspecified atom stereocenters. The highest BCUT2D eigenvalue weighted by atomic mass is 32.2. The topological polar surface area (TPSA) is 84.5 Å². The Kier molecular flexibility index (Phi) is 8.02. The van der Waals surface area contributed by atoms with Crippen LogP contribution >= 0.6 is 23.5 Å². The van der Waals surface area contributed by atoms with E-state index in [0.717, 1.165) is 17.2 Å². The van der Waals surface area contributed by atoms with Gasteiger partial charge in [0.25, 0.3) is 5.91 Å². The van der Waals surface area contributed by atoms with Gasteiger partial charge in [-0.25, -0.2) is 13.1 Å². The van der Waals surface area contributed by atoms with Gasteiger partial charge < -0.3 is 10.1 Å². The first-order valence-electron chi connectivity index (χ1n) is 9.23. The van der Waals surface area contributed by atoms with Gasteiger partial charge in [0.05, 0.1) is 16.1 Å². The average molecular weight is 453 g/mol. The summed E-state index contributed by atoms with van der Waals surface area (Å²) in [6, 6.07) is 13.8. The van der Waals surface area contributed by atoms with E-state index >= 15 is 0 Å². The van der Waals surface area contributed by atoms with Gasteiger partial charge >= 0.3 is 0 Å². The Hall–Kier alpha value is -1.52. The van der Waals surface area contributed by atoms with Crippen LogP contribution in [-0.2, 0) is 14.8 Å². The van der Waals surface area contributed by atoms with E-state index in [0.29, 0.717) is 10.1 Å². The molecule has 0 radical (unpaired) electrons. The number of thioether (sulfide) groups is 2. The summed E-state index contributed by atoms with van der Waals surface area (Å²) in [5.74, 6) is 2.04. The van der Waals surface area contributed by atoms with Crippen molar-refractivity contribution in [2.24, 2.45) is 0 Å². The Labute approximate surface area is 180 Å². The van der Waals surface area contributed by atoms with Crippen LogP contribution in [0.15, 0.2) is 53.4 Å². The van der Waals surface area contributed by atoms with E-state index in [1.807, 2.05) is 41.7 Å². The largest absolute Gasteiger partial charge is 0.383 e. The van der Waals surface area contributed by atoms with Gasteiger partial charge in [0.1, 0.15) is 0 Å². The third-order valence-corrected chi connectivity index (χ3v) is 8.76. The first kappa shape index (κ1) is 22.2. The molecule has 0 aromatic heterocycles. The van der Waals surface area contributed by atoms with Crippen LogP contribution in [0.5, 0.6) is 0 Å². The molecule has 2 aromatic rings. The zero-order chi connectivity index (χ0) is 20.7. The molecule has 9 heteroatoms. The van der Waals surface area contributed by atoms with Gasteiger partial charge in [0.15, 0.2) is 0 Å². The molecular weight excluding hydrogens is 428 g/mol. The number of carbonyl (C=O) groups excluding carboxylic acids is 1. The molecule has 29 heavy (non-hydrogen) atoms. The number of rotatable bonds is 8. The van der Waals surface area contributed by atoms with Crippen molar-refractivity contribution in [3.05, 3.63) is 59.7 Å². The molecule has 0 aliphatic carbocycles. The van der Waals surface area contributed by atoms with Crippen molar-refractivity contribution in [3.8, 4) is 0 Å². The summed E-state index contributed by atoms with van der Waals surface area (Å²) in [4.78, 5) is 12.7. The molecule has 1 aliphatic rings. The van der Waals surface area contributed by atoms with Crippen molar-refractivity contribution in [1.82, 2.24) is 4.72 Å². The second-order valence-corrected chi connectivity index (χ2v) is 10.9. The van der Waals surface area contributed by atoms with Gasteiger partial charge in [-0.15, -0.1) is 23.5 Å². The normalized spacial score (nSPS) is 15.2. The Morgan fingerprint density at radius 3 is 2.55 bits per heavy atom. The van der Waals surface area contributed by atoms with Crippen LogP contribution in [0.1, 0.15) is 26.9 Å². The second kappa shape index (κ2) is 10.5. The van der Waals surface area contributed by atoms with E-state index < -0.39 is 10.0 Å². The summed E-state index contributed by atoms with van der Waals surface area (Å²) in [6.45, 7) is 0.478. The van der Waals surface area contributed by atoms with Crippen LogP contribution in [0.2, 0.25) is 0 Å². The number of anilines is 1. The number of amides is 1. The number of ether oxygens (including phenoxy) is 1. The van der Waals surface area contributed by atoms with Crippen molar-refractivity contribution in [2.75, 3.05) is 37.1 Å². The fourth-order valence-electron chi connectivity index (χ4n) is 2.79. The van der Waals surface area contributed by atoms with E-state index in [2.05, 4.69) is 16.1 Å². The molecule has 2 aromatic carbocycles. The molecule has 0 atom stereocenters. The second-order valence-electron chi connectivity index (χ2n) is 6.42. The summed E-state index contributed by atoms with van der Waals surface area (Å²) in [6.07, 6.45) is 1.23. The lowest BCUT2D eigenvalue weighted by atomic mass is 10.2. The van der Waals surface area contributed by atoms with Crippen LogP contribution < -0.4 is 10.0 Å². The molecular formula is C20H24N2O4S3. The SMILES string of the molecule is COCCNS(=O)(=O)c1ccc(C(=O)Nc2cccc(C3SCCCS3)c2)cc1. The summed E-state index contributed by atoms with van der Waals surface area (Å²) < 4.78 is 32.1. The highest BCUT2D eigenvalue weighted by molar-refractivity contribution is 8.16. The van der Waals surface area contributed by atoms with Crippen LogP contribution in [-0.4, -0.2) is 46.1 Å². The third kappa shape index (κ3) is 6.23. The highest BCUT2D eigenvalue weighted by Crippen LogP contribution is 2.44. The predicted octanol–water partition coefficient (Wildman–Crippen LogP) is 3.73. The average Bonchev–Trinajstić information content (AvgIpc) is 2.75. The number of hydrogen-bond donors (Lipinski definition) is 2. The number of carbonyl (C=O) groups is 1. The van der Waals surface area contributed by atoms with Crippen molar-refractivity contribution >= 4 is 45.1 Å². The summed E-state index contributed by atoms with van der Waals surface area (Å²) in [5, 5.41) is 2.90. The predicted molar refractivity (Wildman–Crippen MR) is 120 cm³/mol. The number of nitrogens with one attached hydrogen (secondary N) is 2. The maximum Gasteiger partial charge on any atom is 0.255 e. The van der Waals surface area contributed by atoms with Gasteiger partial charge in [0, 0.05) is 24.9 Å². The maximum atomic E-state index is 12.6. The van der Waals surface area contributed by atoms with E-state index in [1.165, 1.54) is 43.4 Å². The van der Waals surface area contributed by atoms with Crippen molar-refractivity contribution in [1.29, 1.82) is 0 Å². The lowest BCUT2D eigenvalue weighted by molar-refractivity contribution is 0.102. The van der Waals surface area contributed by atoms with Gasteiger partial charge in [-0.1, -0.05) is 12.1 Å². The van der Waals surface area contributed by atoms with Crippen LogP contribution in [0.4, 0.5) is 5.69 Å². The number of sulfonamides is 1. The Morgan fingerprint density at radius 1 is 1.14 bits per heavy atom. The van der Waals surface area contributed by atoms with E-state index in [-0.39, 0.29) is 24.0 Å². The Bertz CT molecular complexity index is 927. The van der Waals surface area contributed by atoms with Gasteiger partial charge in [0.2, 0.25) is 10.0 Å². The van der Waals surface area contributed by atoms with Crippen molar-refractivity contribution in [3.63, 3.8) is 0 Å². The smallest absolute Gasteiger partial charge is 0.255 e. The maximum absolute atomic E-state index is 12.6. The Balaban J connectivity index is 1.65. The molecule has 156 valence electrons. The standard InChI is InChI=1S/C20H24N2O4S3/c1-26-11-10-21-29(24,25)18-8-6-15(7-9-18)19(23)22-17-5-2-4-16(14-17)20-27-12-3-13-28-20/h2,4-9,14,20-21H,3,10-13H2,1H3,(H,22,23). The van der Waals surface area contributed by atoms with Crippen molar-refractivity contribution < 1.29 is 17.9 Å². The first-order chi connectivity index (χ1) is 14.0. The molecule has 1 amide bonds. The molecule has 0 spiro atoms. The first-order valence-corrected chi connectivity index (χ1v) is 12.8. The molecule has 1 heterocycles. The third-order valence-electron chi connectivity index (χ3n) is 4.27. The number of benzene rings is 2. The van der Waals surface area contributed by atoms with Crippen molar-refractivity contribution in [2.45, 2.75) is 15.9 Å². The number of methoxy groups -OCH3 is 1. The summed E-state index contributed by atoms with van der Waals surface area (Å²) in [7, 11) is -2.11. The van der Waals surface area contributed by atoms with Crippen LogP contribution in [0.25, 0.3) is 0 Å². The minimum atomic E-state index is -3.62. The highest BCUT2D eigenvalue weighted by Gasteiger charge is 2.18. The lowest BCUT2D eigenvalue weighted by Gasteiger charge is -2.21. The molecule has 6 nitrogen and oxygen atoms in total. The molecule has 0 saturated carbocycles. The number of hydrogen-bond acceptors (Lipinski definition) is 6. The molecule has 0 bridgehead atoms. The van der Waals surface area contributed by atoms with Gasteiger partial charge in [-0.2, -0.15) is 0 Å². The molecule has 1 saturated heterocycles. The molecule has 3 rings (SSSR count). The zero-order valence-electron chi connectivity index (χ0n) is 16.1. The fourth-order valence-corrected chi connectivity index (χ4v) is 6.68. The minimum absolute atomic E-state index is 0.110. The monoisotopic (exact) mass is 452 g/mol. The van der Waals surface area contributed by atoms with Crippen LogP contribution in [0, 0.1) is 0 Å². The van der Waals surface area contributed by atoms with E-state index in [4.69, 9.17) is 4.74 Å². The zero-order valence-corrected chi connectivity index (χ0v) is 18.5. The van der Waals surface area contributed by atoms with Gasteiger partial charge in [-0.3, -0.25) is 4.79 Å². The van der Waals surface area contributed by atoms with Crippen LogP contribution in [0.3, 0.4) is 0 Å². The molecule has 1 aliphatic heterocycles. The lowest BCUT2D eigenvalue weighted by Crippen LogP contribution is -2.27. The van der Waals surface area contributed by atoms with E-state index in [9.17, 15) is 13.2 Å². The molecule has 1 fully saturated rings. The minimum Gasteiger partial charge on any atom is -0.383 e. The quantitative estimate of drug-likeness (QED) is 0.594. The van der Waals surface area contributed by atoms with Gasteiger partial charge in [-0.05, 0) is 59.9 Å². The van der Waals surface area contributed by atoms with E-state index in [1.54, 1.807) is 0 Å². The molecule has 2 N–H and O–H groups in total. The Morgan fingerprint density at radius 2 is 1.86 bits per heavy atom.